The summed E-state index contributed by atoms with van der Waals surface area (Å²) in [5.41, 5.74) is 1.58. The molecule has 190 valence electrons. The maximum Gasteiger partial charge on any atom is 0.325 e. The smallest absolute Gasteiger partial charge is 0.325 e. The SMILES string of the molecule is CCOC(=O)CNC(=O)NC1CCCCC1NC(=O)c1csc(COc2ccc(C(C)C)cc2)n1. The van der Waals surface area contributed by atoms with Crippen LogP contribution in [-0.4, -0.2) is 48.1 Å². The normalized spacial score (nSPS) is 17.5. The fraction of sp³-hybridized carbons (Fsp3) is 0.520. The van der Waals surface area contributed by atoms with Crippen LogP contribution >= 0.6 is 11.3 Å². The lowest BCUT2D eigenvalue weighted by Gasteiger charge is -2.32. The number of esters is 1. The molecule has 2 atom stereocenters. The number of thiazole rings is 1. The summed E-state index contributed by atoms with van der Waals surface area (Å²) < 4.78 is 10.6. The number of benzene rings is 1. The second kappa shape index (κ2) is 13.1. The predicted molar refractivity (Wildman–Crippen MR) is 134 cm³/mol. The van der Waals surface area contributed by atoms with E-state index in [1.54, 1.807) is 12.3 Å². The summed E-state index contributed by atoms with van der Waals surface area (Å²) in [6.07, 6.45) is 3.40. The van der Waals surface area contributed by atoms with E-state index in [1.165, 1.54) is 16.9 Å². The number of hydrogen-bond acceptors (Lipinski definition) is 7. The van der Waals surface area contributed by atoms with Crippen LogP contribution in [0, 0.1) is 0 Å². The molecule has 10 heteroatoms. The topological polar surface area (TPSA) is 119 Å². The van der Waals surface area contributed by atoms with Crippen LogP contribution in [0.3, 0.4) is 0 Å². The molecule has 1 aromatic carbocycles. The van der Waals surface area contributed by atoms with E-state index in [1.807, 2.05) is 24.3 Å². The van der Waals surface area contributed by atoms with Crippen molar-refractivity contribution in [2.75, 3.05) is 13.2 Å². The zero-order valence-electron chi connectivity index (χ0n) is 20.5. The minimum atomic E-state index is -0.493. The Kier molecular flexibility index (Phi) is 9.89. The predicted octanol–water partition coefficient (Wildman–Crippen LogP) is 3.75. The summed E-state index contributed by atoms with van der Waals surface area (Å²) >= 11 is 1.37. The van der Waals surface area contributed by atoms with E-state index in [0.717, 1.165) is 31.4 Å². The van der Waals surface area contributed by atoms with Crippen LogP contribution in [0.5, 0.6) is 5.75 Å². The lowest BCUT2D eigenvalue weighted by Crippen LogP contribution is -2.55. The first-order valence-electron chi connectivity index (χ1n) is 12.0. The fourth-order valence-electron chi connectivity index (χ4n) is 3.88. The summed E-state index contributed by atoms with van der Waals surface area (Å²) in [7, 11) is 0. The number of nitrogens with zero attached hydrogens (tertiary/aromatic N) is 1. The van der Waals surface area contributed by atoms with E-state index in [0.29, 0.717) is 16.6 Å². The molecule has 9 nitrogen and oxygen atoms in total. The quantitative estimate of drug-likeness (QED) is 0.426. The molecule has 0 saturated heterocycles. The molecule has 0 aliphatic heterocycles. The van der Waals surface area contributed by atoms with Crippen LogP contribution < -0.4 is 20.7 Å². The number of rotatable bonds is 10. The van der Waals surface area contributed by atoms with Gasteiger partial charge >= 0.3 is 12.0 Å². The van der Waals surface area contributed by atoms with Crippen molar-refractivity contribution >= 4 is 29.2 Å². The molecule has 1 heterocycles. The van der Waals surface area contributed by atoms with Crippen molar-refractivity contribution in [3.8, 4) is 5.75 Å². The van der Waals surface area contributed by atoms with Crippen LogP contribution in [0.1, 0.15) is 73.4 Å². The summed E-state index contributed by atoms with van der Waals surface area (Å²) in [4.78, 5) is 40.9. The number of amides is 3. The van der Waals surface area contributed by atoms with Gasteiger partial charge in [0.05, 0.1) is 12.6 Å². The van der Waals surface area contributed by atoms with Crippen LogP contribution in [0.15, 0.2) is 29.6 Å². The van der Waals surface area contributed by atoms with Crippen molar-refractivity contribution in [3.05, 3.63) is 45.9 Å². The highest BCUT2D eigenvalue weighted by Gasteiger charge is 2.29. The van der Waals surface area contributed by atoms with Crippen LogP contribution in [0.2, 0.25) is 0 Å². The molecule has 0 spiro atoms. The minimum Gasteiger partial charge on any atom is -0.486 e. The first-order valence-corrected chi connectivity index (χ1v) is 12.9. The van der Waals surface area contributed by atoms with Gasteiger partial charge in [-0.1, -0.05) is 38.8 Å². The van der Waals surface area contributed by atoms with Gasteiger partial charge in [0.25, 0.3) is 5.91 Å². The molecule has 2 aromatic rings. The number of nitrogens with one attached hydrogen (secondary N) is 3. The molecule has 1 saturated carbocycles. The van der Waals surface area contributed by atoms with Crippen LogP contribution in [-0.2, 0) is 16.1 Å². The molecular formula is C25H34N4O5S. The third kappa shape index (κ3) is 8.24. The number of ether oxygens (including phenoxy) is 2. The maximum absolute atomic E-state index is 12.8. The Labute approximate surface area is 210 Å². The minimum absolute atomic E-state index is 0.199. The fourth-order valence-corrected chi connectivity index (χ4v) is 4.56. The lowest BCUT2D eigenvalue weighted by molar-refractivity contribution is -0.141. The Morgan fingerprint density at radius 3 is 2.43 bits per heavy atom. The molecule has 3 N–H and O–H groups in total. The van der Waals surface area contributed by atoms with E-state index in [-0.39, 0.29) is 37.7 Å². The van der Waals surface area contributed by atoms with Crippen molar-refractivity contribution in [2.24, 2.45) is 0 Å². The van der Waals surface area contributed by atoms with Gasteiger partial charge in [-0.2, -0.15) is 0 Å². The van der Waals surface area contributed by atoms with Gasteiger partial charge in [-0.15, -0.1) is 11.3 Å². The number of carbonyl (C=O) groups excluding carboxylic acids is 3. The van der Waals surface area contributed by atoms with Gasteiger partial charge in [-0.3, -0.25) is 9.59 Å². The molecule has 0 radical (unpaired) electrons. The molecule has 2 unspecified atom stereocenters. The standard InChI is InChI=1S/C25H34N4O5S/c1-4-33-23(30)13-26-25(32)29-20-8-6-5-7-19(20)28-24(31)21-15-35-22(27-21)14-34-18-11-9-17(10-12-18)16(2)3/h9-12,15-16,19-20H,4-8,13-14H2,1-3H3,(H,28,31)(H2,26,29,32). The molecule has 35 heavy (non-hydrogen) atoms. The first-order chi connectivity index (χ1) is 16.9. The average molecular weight is 503 g/mol. The Bertz CT molecular complexity index is 992. The number of urea groups is 1. The van der Waals surface area contributed by atoms with Gasteiger partial charge in [-0.25, -0.2) is 9.78 Å². The third-order valence-electron chi connectivity index (χ3n) is 5.79. The molecule has 3 amide bonds. The second-order valence-electron chi connectivity index (χ2n) is 8.74. The molecule has 1 aliphatic carbocycles. The van der Waals surface area contributed by atoms with Gasteiger partial charge in [0.15, 0.2) is 0 Å². The largest absolute Gasteiger partial charge is 0.486 e. The average Bonchev–Trinajstić information content (AvgIpc) is 3.32. The number of aromatic nitrogens is 1. The van der Waals surface area contributed by atoms with Crippen molar-refractivity contribution in [3.63, 3.8) is 0 Å². The highest BCUT2D eigenvalue weighted by molar-refractivity contribution is 7.09. The van der Waals surface area contributed by atoms with Crippen molar-refractivity contribution in [1.29, 1.82) is 0 Å². The Morgan fingerprint density at radius 2 is 1.77 bits per heavy atom. The molecule has 0 bridgehead atoms. The summed E-state index contributed by atoms with van der Waals surface area (Å²) in [6, 6.07) is 7.07. The summed E-state index contributed by atoms with van der Waals surface area (Å²) in [5, 5.41) is 10.8. The van der Waals surface area contributed by atoms with E-state index in [9.17, 15) is 14.4 Å². The molecule has 1 aromatic heterocycles. The second-order valence-corrected chi connectivity index (χ2v) is 9.68. The Hall–Kier alpha value is -3.14. The van der Waals surface area contributed by atoms with Gasteiger partial charge in [0, 0.05) is 11.4 Å². The molecule has 3 rings (SSSR count). The van der Waals surface area contributed by atoms with Crippen molar-refractivity contribution in [1.82, 2.24) is 20.9 Å². The number of carbonyl (C=O) groups is 3. The highest BCUT2D eigenvalue weighted by atomic mass is 32.1. The zero-order valence-corrected chi connectivity index (χ0v) is 21.3. The van der Waals surface area contributed by atoms with E-state index in [2.05, 4.69) is 34.8 Å². The summed E-state index contributed by atoms with van der Waals surface area (Å²) in [6.45, 7) is 6.34. The Balaban J connectivity index is 1.49. The monoisotopic (exact) mass is 502 g/mol. The molecule has 1 fully saturated rings. The van der Waals surface area contributed by atoms with E-state index < -0.39 is 12.0 Å². The van der Waals surface area contributed by atoms with Crippen LogP contribution in [0.25, 0.3) is 0 Å². The Morgan fingerprint density at radius 1 is 1.09 bits per heavy atom. The first kappa shape index (κ1) is 26.5. The third-order valence-corrected chi connectivity index (χ3v) is 6.61. The molecule has 1 aliphatic rings. The van der Waals surface area contributed by atoms with Crippen molar-refractivity contribution < 1.29 is 23.9 Å². The van der Waals surface area contributed by atoms with Gasteiger partial charge in [0.2, 0.25) is 0 Å². The van der Waals surface area contributed by atoms with Gasteiger partial charge in [0.1, 0.15) is 29.6 Å². The summed E-state index contributed by atoms with van der Waals surface area (Å²) in [5.74, 6) is 0.446. The molecular weight excluding hydrogens is 468 g/mol. The van der Waals surface area contributed by atoms with Gasteiger partial charge < -0.3 is 25.4 Å². The zero-order chi connectivity index (χ0) is 25.2. The van der Waals surface area contributed by atoms with Crippen molar-refractivity contribution in [2.45, 2.75) is 71.1 Å². The van der Waals surface area contributed by atoms with E-state index in [4.69, 9.17) is 9.47 Å². The highest BCUT2D eigenvalue weighted by Crippen LogP contribution is 2.21. The van der Waals surface area contributed by atoms with Gasteiger partial charge in [-0.05, 0) is 43.4 Å². The lowest BCUT2D eigenvalue weighted by atomic mass is 9.90. The van der Waals surface area contributed by atoms with Crippen LogP contribution in [0.4, 0.5) is 4.79 Å². The van der Waals surface area contributed by atoms with E-state index >= 15 is 0 Å². The maximum atomic E-state index is 12.8. The number of hydrogen-bond donors (Lipinski definition) is 3.